The van der Waals surface area contributed by atoms with Gasteiger partial charge in [-0.2, -0.15) is 0 Å². The Morgan fingerprint density at radius 1 is 1.36 bits per heavy atom. The van der Waals surface area contributed by atoms with Gasteiger partial charge in [0.05, 0.1) is 0 Å². The molecule has 1 heteroatoms. The standard InChI is InChI=1S/C10H17N/c1-4-5-6-10(7-8-11)9(2)3/h4-9H,11H2,1-3H3/b5-4-,8-7-,10-6-. The fourth-order valence-electron chi connectivity index (χ4n) is 0.759. The first kappa shape index (κ1) is 10.0. The molecule has 0 aliphatic carbocycles. The third kappa shape index (κ3) is 4.43. The minimum atomic E-state index is 0.533. The van der Waals surface area contributed by atoms with Crippen LogP contribution in [0.25, 0.3) is 0 Å². The first-order chi connectivity index (χ1) is 5.22. The molecular formula is C10H17N. The van der Waals surface area contributed by atoms with E-state index >= 15 is 0 Å². The van der Waals surface area contributed by atoms with Gasteiger partial charge in [0.2, 0.25) is 0 Å². The summed E-state index contributed by atoms with van der Waals surface area (Å²) in [5.41, 5.74) is 6.55. The summed E-state index contributed by atoms with van der Waals surface area (Å²) in [6.45, 7) is 6.30. The summed E-state index contributed by atoms with van der Waals surface area (Å²) in [6.07, 6.45) is 9.62. The van der Waals surface area contributed by atoms with Crippen LogP contribution in [0, 0.1) is 5.92 Å². The molecule has 0 rings (SSSR count). The molecule has 11 heavy (non-hydrogen) atoms. The molecule has 0 atom stereocenters. The number of hydrogen-bond acceptors (Lipinski definition) is 1. The summed E-state index contributed by atoms with van der Waals surface area (Å²) in [5, 5.41) is 0. The molecule has 2 N–H and O–H groups in total. The van der Waals surface area contributed by atoms with Crippen LogP contribution in [0.2, 0.25) is 0 Å². The van der Waals surface area contributed by atoms with Gasteiger partial charge in [-0.25, -0.2) is 0 Å². The van der Waals surface area contributed by atoms with E-state index in [0.29, 0.717) is 5.92 Å². The van der Waals surface area contributed by atoms with E-state index in [4.69, 9.17) is 5.73 Å². The molecule has 0 saturated carbocycles. The molecule has 0 bridgehead atoms. The molecule has 0 amide bonds. The molecule has 0 radical (unpaired) electrons. The molecule has 0 aromatic carbocycles. The van der Waals surface area contributed by atoms with Gasteiger partial charge in [0, 0.05) is 0 Å². The lowest BCUT2D eigenvalue weighted by molar-refractivity contribution is 0.791. The minimum absolute atomic E-state index is 0.533. The molecule has 0 aromatic heterocycles. The normalized spacial score (nSPS) is 14.0. The lowest BCUT2D eigenvalue weighted by Gasteiger charge is -2.03. The van der Waals surface area contributed by atoms with Gasteiger partial charge in [-0.1, -0.05) is 32.1 Å². The van der Waals surface area contributed by atoms with Gasteiger partial charge in [0.15, 0.2) is 0 Å². The topological polar surface area (TPSA) is 26.0 Å². The average Bonchev–Trinajstić information content (AvgIpc) is 1.97. The van der Waals surface area contributed by atoms with Crippen molar-refractivity contribution in [2.24, 2.45) is 11.7 Å². The van der Waals surface area contributed by atoms with Crippen molar-refractivity contribution in [3.05, 3.63) is 36.1 Å². The van der Waals surface area contributed by atoms with Crippen molar-refractivity contribution in [3.8, 4) is 0 Å². The highest BCUT2D eigenvalue weighted by Crippen LogP contribution is 2.10. The fourth-order valence-corrected chi connectivity index (χ4v) is 0.759. The van der Waals surface area contributed by atoms with E-state index < -0.39 is 0 Å². The Morgan fingerprint density at radius 2 is 2.00 bits per heavy atom. The molecule has 0 aliphatic heterocycles. The molecule has 0 fully saturated rings. The van der Waals surface area contributed by atoms with Gasteiger partial charge < -0.3 is 5.73 Å². The predicted octanol–water partition coefficient (Wildman–Crippen LogP) is 2.62. The van der Waals surface area contributed by atoms with Crippen LogP contribution in [0.3, 0.4) is 0 Å². The van der Waals surface area contributed by atoms with E-state index in [1.807, 2.05) is 25.2 Å². The lowest BCUT2D eigenvalue weighted by Crippen LogP contribution is -1.91. The molecule has 62 valence electrons. The maximum atomic E-state index is 5.29. The summed E-state index contributed by atoms with van der Waals surface area (Å²) >= 11 is 0. The number of hydrogen-bond donors (Lipinski definition) is 1. The largest absolute Gasteiger partial charge is 0.405 e. The molecule has 0 spiro atoms. The van der Waals surface area contributed by atoms with Crippen LogP contribution in [0.5, 0.6) is 0 Å². The molecule has 0 heterocycles. The van der Waals surface area contributed by atoms with E-state index in [2.05, 4.69) is 19.9 Å². The van der Waals surface area contributed by atoms with Crippen molar-refractivity contribution >= 4 is 0 Å². The van der Waals surface area contributed by atoms with E-state index in [-0.39, 0.29) is 0 Å². The Morgan fingerprint density at radius 3 is 2.36 bits per heavy atom. The average molecular weight is 151 g/mol. The van der Waals surface area contributed by atoms with Gasteiger partial charge in [-0.05, 0) is 30.7 Å². The van der Waals surface area contributed by atoms with Crippen LogP contribution in [-0.2, 0) is 0 Å². The summed E-state index contributed by atoms with van der Waals surface area (Å²) in [6, 6.07) is 0. The van der Waals surface area contributed by atoms with Crippen LogP contribution in [0.4, 0.5) is 0 Å². The molecule has 1 nitrogen and oxygen atoms in total. The Balaban J connectivity index is 4.32. The van der Waals surface area contributed by atoms with Gasteiger partial charge in [0.25, 0.3) is 0 Å². The highest BCUT2D eigenvalue weighted by Gasteiger charge is 1.95. The summed E-state index contributed by atoms with van der Waals surface area (Å²) in [4.78, 5) is 0. The minimum Gasteiger partial charge on any atom is -0.405 e. The summed E-state index contributed by atoms with van der Waals surface area (Å²) < 4.78 is 0. The van der Waals surface area contributed by atoms with E-state index in [1.54, 1.807) is 6.20 Å². The Hall–Kier alpha value is -0.980. The quantitative estimate of drug-likeness (QED) is 0.616. The lowest BCUT2D eigenvalue weighted by atomic mass is 10.0. The van der Waals surface area contributed by atoms with Crippen LogP contribution >= 0.6 is 0 Å². The maximum absolute atomic E-state index is 5.29. The van der Waals surface area contributed by atoms with E-state index in [1.165, 1.54) is 5.57 Å². The Bertz CT molecular complexity index is 173. The molecule has 0 aliphatic rings. The number of nitrogens with two attached hydrogens (primary N) is 1. The first-order valence-electron chi connectivity index (χ1n) is 3.93. The first-order valence-corrected chi connectivity index (χ1v) is 3.93. The van der Waals surface area contributed by atoms with E-state index in [9.17, 15) is 0 Å². The fraction of sp³-hybridized carbons (Fsp3) is 0.400. The maximum Gasteiger partial charge on any atom is -0.00595 e. The molecule has 0 unspecified atom stereocenters. The zero-order valence-corrected chi connectivity index (χ0v) is 7.54. The van der Waals surface area contributed by atoms with Crippen LogP contribution in [0.1, 0.15) is 20.8 Å². The number of rotatable bonds is 3. The van der Waals surface area contributed by atoms with Crippen LogP contribution < -0.4 is 5.73 Å². The van der Waals surface area contributed by atoms with Gasteiger partial charge >= 0.3 is 0 Å². The summed E-state index contributed by atoms with van der Waals surface area (Å²) in [5.74, 6) is 0.533. The number of allylic oxidation sites excluding steroid dienone is 5. The highest BCUT2D eigenvalue weighted by molar-refractivity contribution is 5.24. The van der Waals surface area contributed by atoms with E-state index in [0.717, 1.165) is 0 Å². The summed E-state index contributed by atoms with van der Waals surface area (Å²) in [7, 11) is 0. The Labute approximate surface area is 69.3 Å². The highest BCUT2D eigenvalue weighted by atomic mass is 14.5. The second-order valence-electron chi connectivity index (χ2n) is 2.71. The van der Waals surface area contributed by atoms with Gasteiger partial charge in [-0.15, -0.1) is 0 Å². The van der Waals surface area contributed by atoms with Crippen molar-refractivity contribution in [2.75, 3.05) is 0 Å². The van der Waals surface area contributed by atoms with Crippen molar-refractivity contribution < 1.29 is 0 Å². The molecule has 0 saturated heterocycles. The SMILES string of the molecule is C\C=C/C=C(/C=C\N)C(C)C. The molecule has 0 aromatic rings. The second kappa shape index (κ2) is 5.78. The zero-order valence-electron chi connectivity index (χ0n) is 7.54. The van der Waals surface area contributed by atoms with Gasteiger partial charge in [-0.3, -0.25) is 0 Å². The predicted molar refractivity (Wildman–Crippen MR) is 51.1 cm³/mol. The second-order valence-corrected chi connectivity index (χ2v) is 2.71. The van der Waals surface area contributed by atoms with Gasteiger partial charge in [0.1, 0.15) is 0 Å². The Kier molecular flexibility index (Phi) is 5.26. The zero-order chi connectivity index (χ0) is 8.69. The van der Waals surface area contributed by atoms with Crippen LogP contribution in [-0.4, -0.2) is 0 Å². The van der Waals surface area contributed by atoms with Crippen LogP contribution in [0.15, 0.2) is 36.1 Å². The third-order valence-corrected chi connectivity index (χ3v) is 1.44. The van der Waals surface area contributed by atoms with Crippen molar-refractivity contribution in [1.82, 2.24) is 0 Å². The van der Waals surface area contributed by atoms with Crippen molar-refractivity contribution in [2.45, 2.75) is 20.8 Å². The molecular weight excluding hydrogens is 134 g/mol. The van der Waals surface area contributed by atoms with Crippen molar-refractivity contribution in [1.29, 1.82) is 0 Å². The smallest absolute Gasteiger partial charge is 0.00595 e. The monoisotopic (exact) mass is 151 g/mol. The third-order valence-electron chi connectivity index (χ3n) is 1.44. The van der Waals surface area contributed by atoms with Crippen molar-refractivity contribution in [3.63, 3.8) is 0 Å².